The van der Waals surface area contributed by atoms with Gasteiger partial charge in [-0.3, -0.25) is 0 Å². The summed E-state index contributed by atoms with van der Waals surface area (Å²) in [5.74, 6) is 0. The highest BCUT2D eigenvalue weighted by Crippen LogP contribution is 2.25. The first-order chi connectivity index (χ1) is 7.43. The van der Waals surface area contributed by atoms with Gasteiger partial charge in [-0.1, -0.05) is 42.5 Å². The van der Waals surface area contributed by atoms with Crippen molar-refractivity contribution in [2.24, 2.45) is 0 Å². The van der Waals surface area contributed by atoms with Crippen LogP contribution in [0, 0.1) is 0 Å². The van der Waals surface area contributed by atoms with Crippen LogP contribution in [0.15, 0.2) is 55.6 Å². The van der Waals surface area contributed by atoms with Crippen LogP contribution < -0.4 is 0 Å². The van der Waals surface area contributed by atoms with Gasteiger partial charge in [0.15, 0.2) is 0 Å². The number of rotatable bonds is 0. The molecule has 0 aliphatic heterocycles. The maximum Gasteiger partial charge on any atom is -0.00880 e. The van der Waals surface area contributed by atoms with Gasteiger partial charge in [0.05, 0.1) is 0 Å². The van der Waals surface area contributed by atoms with Gasteiger partial charge in [0.2, 0.25) is 0 Å². The van der Waals surface area contributed by atoms with Gasteiger partial charge in [-0.05, 0) is 34.4 Å². The zero-order chi connectivity index (χ0) is 10.7. The van der Waals surface area contributed by atoms with Gasteiger partial charge < -0.3 is 0 Å². The second-order valence-corrected chi connectivity index (χ2v) is 3.50. The molecule has 0 saturated carbocycles. The van der Waals surface area contributed by atoms with Crippen molar-refractivity contribution >= 4 is 16.8 Å². The van der Waals surface area contributed by atoms with E-state index in [4.69, 9.17) is 0 Å². The molecule has 0 heteroatoms. The lowest BCUT2D eigenvalue weighted by atomic mass is 10.0. The number of hydrogen-bond donors (Lipinski definition) is 0. The smallest absolute Gasteiger partial charge is 0.00880 e. The van der Waals surface area contributed by atoms with Crippen LogP contribution in [0.5, 0.6) is 0 Å². The monoisotopic (exact) mass is 194 g/mol. The Hall–Kier alpha value is -1.82. The zero-order valence-corrected chi connectivity index (χ0v) is 8.74. The minimum atomic E-state index is 1.10. The molecule has 15 heavy (non-hydrogen) atoms. The Morgan fingerprint density at radius 1 is 0.933 bits per heavy atom. The highest BCUT2D eigenvalue weighted by Gasteiger charge is 2.05. The Morgan fingerprint density at radius 3 is 2.33 bits per heavy atom. The fourth-order valence-corrected chi connectivity index (χ4v) is 1.95. The van der Waals surface area contributed by atoms with Gasteiger partial charge in [-0.25, -0.2) is 0 Å². The van der Waals surface area contributed by atoms with Crippen molar-refractivity contribution in [2.45, 2.75) is 6.42 Å². The van der Waals surface area contributed by atoms with Gasteiger partial charge in [0.25, 0.3) is 0 Å². The summed E-state index contributed by atoms with van der Waals surface area (Å²) in [6, 6.07) is 13.1. The molecule has 0 amide bonds. The van der Waals surface area contributed by atoms with E-state index in [0.717, 1.165) is 6.42 Å². The largest absolute Gasteiger partial charge is 0.106 e. The molecule has 0 N–H and O–H groups in total. The lowest BCUT2D eigenvalue weighted by Crippen LogP contribution is -1.81. The van der Waals surface area contributed by atoms with Crippen LogP contribution >= 0.6 is 0 Å². The van der Waals surface area contributed by atoms with Crippen molar-refractivity contribution in [3.05, 3.63) is 66.8 Å². The van der Waals surface area contributed by atoms with E-state index in [1.165, 1.54) is 21.9 Å². The van der Waals surface area contributed by atoms with Crippen LogP contribution in [-0.4, -0.2) is 0 Å². The SMILES string of the molecule is C1=Cc2cc3ccccc3cc2C1.C=C. The molecule has 74 valence electrons. The summed E-state index contributed by atoms with van der Waals surface area (Å²) in [5, 5.41) is 2.69. The first-order valence-electron chi connectivity index (χ1n) is 5.12. The van der Waals surface area contributed by atoms with Crippen LogP contribution in [0.4, 0.5) is 0 Å². The van der Waals surface area contributed by atoms with Crippen LogP contribution in [0.25, 0.3) is 16.8 Å². The summed E-state index contributed by atoms with van der Waals surface area (Å²) in [4.78, 5) is 0. The topological polar surface area (TPSA) is 0 Å². The molecule has 0 saturated heterocycles. The summed E-state index contributed by atoms with van der Waals surface area (Å²) in [6.45, 7) is 6.00. The van der Waals surface area contributed by atoms with E-state index in [2.05, 4.69) is 61.7 Å². The molecule has 0 atom stereocenters. The van der Waals surface area contributed by atoms with E-state index >= 15 is 0 Å². The first-order valence-corrected chi connectivity index (χ1v) is 5.12. The summed E-state index contributed by atoms with van der Waals surface area (Å²) in [5.41, 5.74) is 2.84. The molecule has 0 unspecified atom stereocenters. The van der Waals surface area contributed by atoms with Crippen LogP contribution in [0.1, 0.15) is 11.1 Å². The second-order valence-electron chi connectivity index (χ2n) is 3.50. The minimum Gasteiger partial charge on any atom is -0.106 e. The first kappa shape index (κ1) is 9.72. The Morgan fingerprint density at radius 2 is 1.60 bits per heavy atom. The number of hydrogen-bond acceptors (Lipinski definition) is 0. The molecule has 0 fully saturated rings. The summed E-state index contributed by atoms with van der Waals surface area (Å²) >= 11 is 0. The summed E-state index contributed by atoms with van der Waals surface area (Å²) in [6.07, 6.45) is 5.53. The molecule has 0 spiro atoms. The van der Waals surface area contributed by atoms with E-state index < -0.39 is 0 Å². The zero-order valence-electron chi connectivity index (χ0n) is 8.74. The Bertz CT molecular complexity index is 506. The van der Waals surface area contributed by atoms with Gasteiger partial charge in [0, 0.05) is 0 Å². The standard InChI is InChI=1S/C13H10.C2H4/c1-2-5-11-9-13-7-3-6-12(13)8-10(11)4-1;1-2/h1-6,8-9H,7H2;1-2H2. The maximum atomic E-state index is 3.00. The average molecular weight is 194 g/mol. The molecule has 1 aliphatic carbocycles. The van der Waals surface area contributed by atoms with Crippen molar-refractivity contribution in [2.75, 3.05) is 0 Å². The number of fused-ring (bicyclic) bond motifs is 2. The molecule has 0 nitrogen and oxygen atoms in total. The normalized spacial score (nSPS) is 12.0. The third-order valence-corrected chi connectivity index (χ3v) is 2.64. The Kier molecular flexibility index (Phi) is 2.68. The molecule has 2 aromatic rings. The molecule has 2 aromatic carbocycles. The number of allylic oxidation sites excluding steroid dienone is 1. The van der Waals surface area contributed by atoms with Crippen molar-refractivity contribution in [1.29, 1.82) is 0 Å². The summed E-state index contributed by atoms with van der Waals surface area (Å²) < 4.78 is 0. The molecular formula is C15H14. The van der Waals surface area contributed by atoms with Gasteiger partial charge in [-0.15, -0.1) is 13.2 Å². The van der Waals surface area contributed by atoms with E-state index in [1.54, 1.807) is 0 Å². The fourth-order valence-electron chi connectivity index (χ4n) is 1.95. The lowest BCUT2D eigenvalue weighted by Gasteiger charge is -2.02. The van der Waals surface area contributed by atoms with Crippen molar-refractivity contribution in [3.8, 4) is 0 Å². The minimum absolute atomic E-state index is 1.10. The molecule has 0 aromatic heterocycles. The third kappa shape index (κ3) is 1.71. The van der Waals surface area contributed by atoms with Gasteiger partial charge >= 0.3 is 0 Å². The molecule has 1 aliphatic rings. The van der Waals surface area contributed by atoms with Crippen molar-refractivity contribution < 1.29 is 0 Å². The van der Waals surface area contributed by atoms with Crippen molar-refractivity contribution in [3.63, 3.8) is 0 Å². The number of benzene rings is 2. The van der Waals surface area contributed by atoms with Crippen LogP contribution in [0.3, 0.4) is 0 Å². The molecule has 0 bridgehead atoms. The molecular weight excluding hydrogens is 180 g/mol. The van der Waals surface area contributed by atoms with E-state index in [1.807, 2.05) is 0 Å². The fraction of sp³-hybridized carbons (Fsp3) is 0.0667. The Labute approximate surface area is 90.6 Å². The average Bonchev–Trinajstić information content (AvgIpc) is 2.75. The van der Waals surface area contributed by atoms with Crippen LogP contribution in [-0.2, 0) is 6.42 Å². The van der Waals surface area contributed by atoms with Gasteiger partial charge in [0.1, 0.15) is 0 Å². The lowest BCUT2D eigenvalue weighted by molar-refractivity contribution is 1.32. The summed E-state index contributed by atoms with van der Waals surface area (Å²) in [7, 11) is 0. The van der Waals surface area contributed by atoms with E-state index in [9.17, 15) is 0 Å². The molecule has 3 rings (SSSR count). The quantitative estimate of drug-likeness (QED) is 0.551. The van der Waals surface area contributed by atoms with E-state index in [0.29, 0.717) is 0 Å². The predicted molar refractivity (Wildman–Crippen MR) is 67.9 cm³/mol. The van der Waals surface area contributed by atoms with E-state index in [-0.39, 0.29) is 0 Å². The van der Waals surface area contributed by atoms with Gasteiger partial charge in [-0.2, -0.15) is 0 Å². The van der Waals surface area contributed by atoms with Crippen LogP contribution in [0.2, 0.25) is 0 Å². The third-order valence-electron chi connectivity index (χ3n) is 2.64. The molecule has 0 heterocycles. The highest BCUT2D eigenvalue weighted by atomic mass is 14.1. The molecule has 0 radical (unpaired) electrons. The second kappa shape index (κ2) is 4.14. The predicted octanol–water partition coefficient (Wildman–Crippen LogP) is 4.21. The Balaban J connectivity index is 0.000000404. The highest BCUT2D eigenvalue weighted by molar-refractivity contribution is 5.86. The van der Waals surface area contributed by atoms with Crippen molar-refractivity contribution in [1.82, 2.24) is 0 Å². The maximum absolute atomic E-state index is 3.00.